The van der Waals surface area contributed by atoms with E-state index < -0.39 is 5.91 Å². The van der Waals surface area contributed by atoms with Gasteiger partial charge in [-0.2, -0.15) is 5.26 Å². The Hall–Kier alpha value is -2.55. The molecule has 0 aliphatic carbocycles. The molecule has 0 saturated heterocycles. The summed E-state index contributed by atoms with van der Waals surface area (Å²) in [5.41, 5.74) is 1.06. The first-order valence-electron chi connectivity index (χ1n) is 6.95. The van der Waals surface area contributed by atoms with Gasteiger partial charge in [0.1, 0.15) is 12.6 Å². The van der Waals surface area contributed by atoms with Crippen LogP contribution in [0.3, 0.4) is 0 Å². The van der Waals surface area contributed by atoms with Gasteiger partial charge in [0.2, 0.25) is 11.8 Å². The number of para-hydroxylation sites is 1. The van der Waals surface area contributed by atoms with Gasteiger partial charge in [0.15, 0.2) is 0 Å². The molecule has 2 rings (SSSR count). The second-order valence-corrected chi connectivity index (χ2v) is 5.67. The van der Waals surface area contributed by atoms with Crippen molar-refractivity contribution in [1.82, 2.24) is 0 Å². The molecule has 0 bridgehead atoms. The summed E-state index contributed by atoms with van der Waals surface area (Å²) < 4.78 is 0. The van der Waals surface area contributed by atoms with Crippen LogP contribution in [0.25, 0.3) is 0 Å². The SMILES string of the molecule is CC(=O)N(CC(=O)Nc1ccccc1C#N)c1cccc(Cl)c1Cl. The van der Waals surface area contributed by atoms with E-state index in [0.717, 1.165) is 0 Å². The standard InChI is InChI=1S/C17H13Cl2N3O2/c1-11(23)22(15-8-4-6-13(18)17(15)19)10-16(24)21-14-7-3-2-5-12(14)9-20/h2-8H,10H2,1H3,(H,21,24). The lowest BCUT2D eigenvalue weighted by Gasteiger charge is -2.22. The molecule has 0 heterocycles. The highest BCUT2D eigenvalue weighted by atomic mass is 35.5. The second kappa shape index (κ2) is 7.82. The lowest BCUT2D eigenvalue weighted by molar-refractivity contribution is -0.120. The molecule has 0 atom stereocenters. The zero-order valence-electron chi connectivity index (χ0n) is 12.7. The number of amides is 2. The molecule has 0 aliphatic rings. The fraction of sp³-hybridized carbons (Fsp3) is 0.118. The van der Waals surface area contributed by atoms with Crippen molar-refractivity contribution >= 4 is 46.4 Å². The van der Waals surface area contributed by atoms with Crippen LogP contribution in [-0.4, -0.2) is 18.4 Å². The third-order valence-electron chi connectivity index (χ3n) is 3.23. The van der Waals surface area contributed by atoms with Gasteiger partial charge in [-0.25, -0.2) is 0 Å². The third kappa shape index (κ3) is 4.05. The second-order valence-electron chi connectivity index (χ2n) is 4.88. The summed E-state index contributed by atoms with van der Waals surface area (Å²) in [5, 5.41) is 12.1. The van der Waals surface area contributed by atoms with Gasteiger partial charge in [-0.1, -0.05) is 41.4 Å². The minimum absolute atomic E-state index is 0.194. The number of anilines is 2. The number of carbonyl (C=O) groups is 2. The number of nitriles is 1. The normalized spacial score (nSPS) is 9.92. The molecule has 7 heteroatoms. The Bertz CT molecular complexity index is 831. The van der Waals surface area contributed by atoms with Crippen LogP contribution in [0, 0.1) is 11.3 Å². The quantitative estimate of drug-likeness (QED) is 0.898. The number of hydrogen-bond acceptors (Lipinski definition) is 3. The van der Waals surface area contributed by atoms with Crippen molar-refractivity contribution in [2.75, 3.05) is 16.8 Å². The third-order valence-corrected chi connectivity index (χ3v) is 4.03. The average molecular weight is 362 g/mol. The van der Waals surface area contributed by atoms with E-state index in [-0.39, 0.29) is 22.5 Å². The van der Waals surface area contributed by atoms with Crippen molar-refractivity contribution in [2.45, 2.75) is 6.92 Å². The Balaban J connectivity index is 2.22. The highest BCUT2D eigenvalue weighted by molar-refractivity contribution is 6.44. The summed E-state index contributed by atoms with van der Waals surface area (Å²) in [6, 6.07) is 13.4. The first kappa shape index (κ1) is 17.8. The molecule has 24 heavy (non-hydrogen) atoms. The van der Waals surface area contributed by atoms with Crippen molar-refractivity contribution in [2.24, 2.45) is 0 Å². The Morgan fingerprint density at radius 2 is 1.88 bits per heavy atom. The lowest BCUT2D eigenvalue weighted by Crippen LogP contribution is -2.37. The first-order chi connectivity index (χ1) is 11.4. The number of hydrogen-bond donors (Lipinski definition) is 1. The smallest absolute Gasteiger partial charge is 0.244 e. The average Bonchev–Trinajstić information content (AvgIpc) is 2.56. The Labute approximate surface area is 149 Å². The fourth-order valence-corrected chi connectivity index (χ4v) is 2.49. The van der Waals surface area contributed by atoms with Crippen molar-refractivity contribution in [3.63, 3.8) is 0 Å². The number of nitrogens with one attached hydrogen (secondary N) is 1. The molecule has 2 aromatic rings. The molecule has 0 saturated carbocycles. The summed E-state index contributed by atoms with van der Waals surface area (Å²) >= 11 is 12.1. The van der Waals surface area contributed by atoms with Crippen LogP contribution < -0.4 is 10.2 Å². The summed E-state index contributed by atoms with van der Waals surface area (Å²) in [5.74, 6) is -0.813. The number of benzene rings is 2. The number of nitrogens with zero attached hydrogens (tertiary/aromatic N) is 2. The van der Waals surface area contributed by atoms with Crippen LogP contribution in [-0.2, 0) is 9.59 Å². The number of rotatable bonds is 4. The van der Waals surface area contributed by atoms with E-state index in [1.54, 1.807) is 42.5 Å². The predicted molar refractivity (Wildman–Crippen MR) is 94.3 cm³/mol. The predicted octanol–water partition coefficient (Wildman–Crippen LogP) is 3.86. The van der Waals surface area contributed by atoms with Gasteiger partial charge in [-0.05, 0) is 24.3 Å². The van der Waals surface area contributed by atoms with Crippen molar-refractivity contribution in [3.8, 4) is 6.07 Å². The first-order valence-corrected chi connectivity index (χ1v) is 7.70. The maximum absolute atomic E-state index is 12.3. The van der Waals surface area contributed by atoms with Crippen LogP contribution in [0.15, 0.2) is 42.5 Å². The molecule has 0 aliphatic heterocycles. The highest BCUT2D eigenvalue weighted by Crippen LogP contribution is 2.32. The Kier molecular flexibility index (Phi) is 5.80. The van der Waals surface area contributed by atoms with Crippen molar-refractivity contribution < 1.29 is 9.59 Å². The topological polar surface area (TPSA) is 73.2 Å². The van der Waals surface area contributed by atoms with Gasteiger partial charge in [0, 0.05) is 6.92 Å². The van der Waals surface area contributed by atoms with E-state index >= 15 is 0 Å². The van der Waals surface area contributed by atoms with E-state index in [0.29, 0.717) is 16.9 Å². The zero-order chi connectivity index (χ0) is 17.7. The van der Waals surface area contributed by atoms with E-state index in [1.165, 1.54) is 11.8 Å². The maximum atomic E-state index is 12.3. The van der Waals surface area contributed by atoms with Gasteiger partial charge in [0.25, 0.3) is 0 Å². The van der Waals surface area contributed by atoms with Gasteiger partial charge < -0.3 is 10.2 Å². The van der Waals surface area contributed by atoms with E-state index in [1.807, 2.05) is 6.07 Å². The summed E-state index contributed by atoms with van der Waals surface area (Å²) in [6.07, 6.45) is 0. The molecule has 122 valence electrons. The van der Waals surface area contributed by atoms with E-state index in [4.69, 9.17) is 28.5 Å². The van der Waals surface area contributed by atoms with Gasteiger partial charge in [-0.3, -0.25) is 9.59 Å². The molecule has 5 nitrogen and oxygen atoms in total. The molecule has 1 N–H and O–H groups in total. The zero-order valence-corrected chi connectivity index (χ0v) is 14.2. The molecule has 0 radical (unpaired) electrons. The summed E-state index contributed by atoms with van der Waals surface area (Å²) in [4.78, 5) is 25.4. The minimum atomic E-state index is -0.455. The number of halogens is 2. The van der Waals surface area contributed by atoms with Crippen LogP contribution in [0.4, 0.5) is 11.4 Å². The fourth-order valence-electron chi connectivity index (χ4n) is 2.09. The lowest BCUT2D eigenvalue weighted by atomic mass is 10.2. The number of carbonyl (C=O) groups excluding carboxylic acids is 2. The van der Waals surface area contributed by atoms with Gasteiger partial charge >= 0.3 is 0 Å². The molecule has 0 aromatic heterocycles. The van der Waals surface area contributed by atoms with E-state index in [2.05, 4.69) is 5.32 Å². The maximum Gasteiger partial charge on any atom is 0.244 e. The van der Waals surface area contributed by atoms with Crippen LogP contribution in [0.2, 0.25) is 10.0 Å². The largest absolute Gasteiger partial charge is 0.323 e. The van der Waals surface area contributed by atoms with Crippen LogP contribution in [0.5, 0.6) is 0 Å². The van der Waals surface area contributed by atoms with Gasteiger partial charge in [0.05, 0.1) is 27.0 Å². The molecule has 0 unspecified atom stereocenters. The Morgan fingerprint density at radius 1 is 1.17 bits per heavy atom. The molecule has 2 aromatic carbocycles. The molecule has 0 fully saturated rings. The van der Waals surface area contributed by atoms with Crippen molar-refractivity contribution in [1.29, 1.82) is 5.26 Å². The van der Waals surface area contributed by atoms with E-state index in [9.17, 15) is 9.59 Å². The Morgan fingerprint density at radius 3 is 2.54 bits per heavy atom. The van der Waals surface area contributed by atoms with Crippen molar-refractivity contribution in [3.05, 3.63) is 58.1 Å². The molecular weight excluding hydrogens is 349 g/mol. The summed E-state index contributed by atoms with van der Waals surface area (Å²) in [6.45, 7) is 1.07. The minimum Gasteiger partial charge on any atom is -0.323 e. The van der Waals surface area contributed by atoms with Crippen LogP contribution in [0.1, 0.15) is 12.5 Å². The van der Waals surface area contributed by atoms with Gasteiger partial charge in [-0.15, -0.1) is 0 Å². The molecule has 0 spiro atoms. The van der Waals surface area contributed by atoms with Crippen LogP contribution >= 0.6 is 23.2 Å². The molecular formula is C17H13Cl2N3O2. The summed E-state index contributed by atoms with van der Waals surface area (Å²) in [7, 11) is 0. The highest BCUT2D eigenvalue weighted by Gasteiger charge is 2.20. The molecule has 2 amide bonds. The monoisotopic (exact) mass is 361 g/mol.